The molecule has 2 aromatic rings. The van der Waals surface area contributed by atoms with Crippen LogP contribution in [0.5, 0.6) is 0 Å². The minimum absolute atomic E-state index is 0.0716. The fourth-order valence-corrected chi connectivity index (χ4v) is 2.23. The van der Waals surface area contributed by atoms with Crippen LogP contribution >= 0.6 is 0 Å². The zero-order chi connectivity index (χ0) is 13.2. The third-order valence-corrected chi connectivity index (χ3v) is 3.35. The number of H-pyrrole nitrogens is 1. The van der Waals surface area contributed by atoms with Gasteiger partial charge in [0.05, 0.1) is 0 Å². The Morgan fingerprint density at radius 3 is 2.68 bits per heavy atom. The SMILES string of the molecule is O=C(NC1CC(c2noc(=O)[nH]2)C1)c1ccccc1. The molecule has 1 aliphatic rings. The van der Waals surface area contributed by atoms with Crippen molar-refractivity contribution in [2.75, 3.05) is 0 Å². The van der Waals surface area contributed by atoms with E-state index in [1.807, 2.05) is 18.2 Å². The Morgan fingerprint density at radius 1 is 1.32 bits per heavy atom. The third-order valence-electron chi connectivity index (χ3n) is 3.35. The van der Waals surface area contributed by atoms with Crippen molar-refractivity contribution in [2.24, 2.45) is 0 Å². The number of hydrogen-bond donors (Lipinski definition) is 2. The Morgan fingerprint density at radius 2 is 2.05 bits per heavy atom. The molecule has 0 unspecified atom stereocenters. The van der Waals surface area contributed by atoms with Gasteiger partial charge in [0.2, 0.25) is 0 Å². The normalized spacial score (nSPS) is 21.7. The van der Waals surface area contributed by atoms with E-state index < -0.39 is 5.76 Å². The Kier molecular flexibility index (Phi) is 2.91. The molecule has 2 N–H and O–H groups in total. The second-order valence-electron chi connectivity index (χ2n) is 4.69. The minimum atomic E-state index is -0.535. The maximum absolute atomic E-state index is 11.9. The molecule has 1 heterocycles. The molecule has 3 rings (SSSR count). The molecule has 0 atom stereocenters. The van der Waals surface area contributed by atoms with Crippen LogP contribution in [-0.4, -0.2) is 22.1 Å². The monoisotopic (exact) mass is 259 g/mol. The predicted molar refractivity (Wildman–Crippen MR) is 66.8 cm³/mol. The molecule has 0 saturated heterocycles. The van der Waals surface area contributed by atoms with Gasteiger partial charge in [-0.05, 0) is 25.0 Å². The van der Waals surface area contributed by atoms with E-state index in [2.05, 4.69) is 20.0 Å². The molecule has 6 nitrogen and oxygen atoms in total. The van der Waals surface area contributed by atoms with Crippen LogP contribution in [0.15, 0.2) is 39.6 Å². The first-order valence-electron chi connectivity index (χ1n) is 6.14. The quantitative estimate of drug-likeness (QED) is 0.862. The van der Waals surface area contributed by atoms with Crippen molar-refractivity contribution < 1.29 is 9.32 Å². The zero-order valence-corrected chi connectivity index (χ0v) is 10.1. The third kappa shape index (κ3) is 2.42. The lowest BCUT2D eigenvalue weighted by molar-refractivity contribution is 0.0907. The molecular formula is C13H13N3O3. The number of aromatic amines is 1. The molecule has 0 radical (unpaired) electrons. The summed E-state index contributed by atoms with van der Waals surface area (Å²) >= 11 is 0. The van der Waals surface area contributed by atoms with Crippen molar-refractivity contribution in [1.29, 1.82) is 0 Å². The summed E-state index contributed by atoms with van der Waals surface area (Å²) in [5, 5.41) is 6.60. The number of hydrogen-bond acceptors (Lipinski definition) is 4. The summed E-state index contributed by atoms with van der Waals surface area (Å²) in [6.45, 7) is 0. The van der Waals surface area contributed by atoms with Gasteiger partial charge in [0.15, 0.2) is 5.82 Å². The van der Waals surface area contributed by atoms with E-state index in [9.17, 15) is 9.59 Å². The van der Waals surface area contributed by atoms with Gasteiger partial charge >= 0.3 is 5.76 Å². The van der Waals surface area contributed by atoms with Gasteiger partial charge < -0.3 is 5.32 Å². The van der Waals surface area contributed by atoms with Gasteiger partial charge in [0.1, 0.15) is 0 Å². The molecule has 1 amide bonds. The smallest absolute Gasteiger partial charge is 0.349 e. The fourth-order valence-electron chi connectivity index (χ4n) is 2.23. The summed E-state index contributed by atoms with van der Waals surface area (Å²) in [6.07, 6.45) is 1.53. The van der Waals surface area contributed by atoms with Gasteiger partial charge in [-0.15, -0.1) is 0 Å². The molecule has 19 heavy (non-hydrogen) atoms. The first-order chi connectivity index (χ1) is 9.22. The number of nitrogens with one attached hydrogen (secondary N) is 2. The number of rotatable bonds is 3. The van der Waals surface area contributed by atoms with E-state index >= 15 is 0 Å². The largest absolute Gasteiger partial charge is 0.438 e. The van der Waals surface area contributed by atoms with Gasteiger partial charge in [-0.3, -0.25) is 14.3 Å². The molecule has 0 aliphatic heterocycles. The van der Waals surface area contributed by atoms with E-state index in [1.165, 1.54) is 0 Å². The highest BCUT2D eigenvalue weighted by Crippen LogP contribution is 2.34. The lowest BCUT2D eigenvalue weighted by atomic mass is 9.79. The Balaban J connectivity index is 1.54. The van der Waals surface area contributed by atoms with E-state index in [4.69, 9.17) is 0 Å². The van der Waals surface area contributed by atoms with Gasteiger partial charge in [0.25, 0.3) is 5.91 Å². The van der Waals surface area contributed by atoms with Crippen LogP contribution in [0.1, 0.15) is 34.9 Å². The molecule has 1 fully saturated rings. The molecule has 98 valence electrons. The van der Waals surface area contributed by atoms with E-state index in [0.717, 1.165) is 12.8 Å². The van der Waals surface area contributed by atoms with Crippen LogP contribution in [0.2, 0.25) is 0 Å². The Labute approximate surface area is 108 Å². The topological polar surface area (TPSA) is 88.0 Å². The highest BCUT2D eigenvalue weighted by atomic mass is 16.5. The first kappa shape index (κ1) is 11.7. The van der Waals surface area contributed by atoms with Gasteiger partial charge in [-0.2, -0.15) is 0 Å². The van der Waals surface area contributed by atoms with E-state index in [1.54, 1.807) is 12.1 Å². The van der Waals surface area contributed by atoms with Crippen LogP contribution in [0.4, 0.5) is 0 Å². The van der Waals surface area contributed by atoms with Crippen LogP contribution in [0, 0.1) is 0 Å². The maximum atomic E-state index is 11.9. The highest BCUT2D eigenvalue weighted by molar-refractivity contribution is 5.94. The van der Waals surface area contributed by atoms with Crippen molar-refractivity contribution in [3.05, 3.63) is 52.3 Å². The van der Waals surface area contributed by atoms with Crippen molar-refractivity contribution in [3.8, 4) is 0 Å². The summed E-state index contributed by atoms with van der Waals surface area (Å²) < 4.78 is 4.46. The number of benzene rings is 1. The van der Waals surface area contributed by atoms with Crippen molar-refractivity contribution in [3.63, 3.8) is 0 Å². The lowest BCUT2D eigenvalue weighted by Gasteiger charge is -2.33. The van der Waals surface area contributed by atoms with Crippen molar-refractivity contribution in [1.82, 2.24) is 15.5 Å². The van der Waals surface area contributed by atoms with Crippen LogP contribution in [0.3, 0.4) is 0 Å². The van der Waals surface area contributed by atoms with E-state index in [0.29, 0.717) is 11.4 Å². The number of carbonyl (C=O) groups is 1. The summed E-state index contributed by atoms with van der Waals surface area (Å²) in [5.41, 5.74) is 0.654. The molecular weight excluding hydrogens is 246 g/mol. The Bertz CT molecular complexity index is 626. The maximum Gasteiger partial charge on any atom is 0.438 e. The first-order valence-corrected chi connectivity index (χ1v) is 6.14. The second-order valence-corrected chi connectivity index (χ2v) is 4.69. The highest BCUT2D eigenvalue weighted by Gasteiger charge is 2.34. The number of carbonyl (C=O) groups excluding carboxylic acids is 1. The standard InChI is InChI=1S/C13H13N3O3/c17-12(8-4-2-1-3-5-8)14-10-6-9(7-10)11-15-13(18)19-16-11/h1-5,9-10H,6-7H2,(H,14,17)(H,15,16,18). The fraction of sp³-hybridized carbons (Fsp3) is 0.308. The molecule has 1 aliphatic carbocycles. The number of aromatic nitrogens is 2. The molecule has 6 heteroatoms. The summed E-state index contributed by atoms with van der Waals surface area (Å²) in [6, 6.07) is 9.22. The van der Waals surface area contributed by atoms with Crippen molar-refractivity contribution >= 4 is 5.91 Å². The average Bonchev–Trinajstić information content (AvgIpc) is 2.80. The Hall–Kier alpha value is -2.37. The summed E-state index contributed by atoms with van der Waals surface area (Å²) in [7, 11) is 0. The molecule has 1 saturated carbocycles. The molecule has 1 aromatic carbocycles. The van der Waals surface area contributed by atoms with Crippen molar-refractivity contribution in [2.45, 2.75) is 24.8 Å². The van der Waals surface area contributed by atoms with Crippen LogP contribution in [0.25, 0.3) is 0 Å². The van der Waals surface area contributed by atoms with Gasteiger partial charge in [-0.1, -0.05) is 23.4 Å². The van der Waals surface area contributed by atoms with Gasteiger partial charge in [-0.25, -0.2) is 4.79 Å². The zero-order valence-electron chi connectivity index (χ0n) is 10.1. The summed E-state index contributed by atoms with van der Waals surface area (Å²) in [4.78, 5) is 25.3. The van der Waals surface area contributed by atoms with Crippen LogP contribution in [-0.2, 0) is 0 Å². The number of nitrogens with zero attached hydrogens (tertiary/aromatic N) is 1. The van der Waals surface area contributed by atoms with E-state index in [-0.39, 0.29) is 17.9 Å². The molecule has 1 aromatic heterocycles. The molecule has 0 spiro atoms. The summed E-state index contributed by atoms with van der Waals surface area (Å²) in [5.74, 6) is 0.118. The minimum Gasteiger partial charge on any atom is -0.349 e. The predicted octanol–water partition coefficient (Wildman–Crippen LogP) is 1.04. The number of amides is 1. The lowest BCUT2D eigenvalue weighted by Crippen LogP contribution is -2.43. The van der Waals surface area contributed by atoms with Crippen LogP contribution < -0.4 is 11.1 Å². The second kappa shape index (κ2) is 4.72. The van der Waals surface area contributed by atoms with Gasteiger partial charge in [0, 0.05) is 17.5 Å². The molecule has 0 bridgehead atoms. The average molecular weight is 259 g/mol.